The number of aromatic nitrogens is 1. The van der Waals surface area contributed by atoms with E-state index in [1.807, 2.05) is 44.2 Å². The van der Waals surface area contributed by atoms with Crippen LogP contribution in [0, 0.1) is 0 Å². The Hall–Kier alpha value is -1.63. The van der Waals surface area contributed by atoms with Gasteiger partial charge in [-0.1, -0.05) is 44.2 Å². The van der Waals surface area contributed by atoms with Crippen LogP contribution >= 0.6 is 0 Å². The van der Waals surface area contributed by atoms with Gasteiger partial charge in [-0.05, 0) is 11.6 Å². The van der Waals surface area contributed by atoms with E-state index in [0.29, 0.717) is 12.6 Å². The van der Waals surface area contributed by atoms with Gasteiger partial charge in [0.25, 0.3) is 0 Å². The Bertz CT molecular complexity index is 663. The Balaban J connectivity index is 1.99. The standard InChI is InChI=1S/C15H21N3O2S/c1-12(2)16-10-14-8-15(11-17-14)21(19,20)18-9-13-6-4-3-5-7-13/h3-8,11-12,16-18H,9-10H2,1-2H3. The van der Waals surface area contributed by atoms with Crippen molar-refractivity contribution in [1.82, 2.24) is 15.0 Å². The fraction of sp³-hybridized carbons (Fsp3) is 0.333. The summed E-state index contributed by atoms with van der Waals surface area (Å²) in [6.07, 6.45) is 1.52. The molecular formula is C15H21N3O2S. The number of H-pyrrole nitrogens is 1. The van der Waals surface area contributed by atoms with Crippen molar-refractivity contribution in [1.29, 1.82) is 0 Å². The zero-order valence-electron chi connectivity index (χ0n) is 12.3. The van der Waals surface area contributed by atoms with Gasteiger partial charge in [-0.25, -0.2) is 13.1 Å². The first-order valence-corrected chi connectivity index (χ1v) is 8.40. The highest BCUT2D eigenvalue weighted by Crippen LogP contribution is 2.11. The summed E-state index contributed by atoms with van der Waals surface area (Å²) >= 11 is 0. The van der Waals surface area contributed by atoms with Crippen LogP contribution in [0.15, 0.2) is 47.5 Å². The van der Waals surface area contributed by atoms with Gasteiger partial charge in [0, 0.05) is 31.0 Å². The lowest BCUT2D eigenvalue weighted by molar-refractivity contribution is 0.580. The van der Waals surface area contributed by atoms with Crippen molar-refractivity contribution in [2.45, 2.75) is 37.9 Å². The quantitative estimate of drug-likeness (QED) is 0.732. The molecule has 1 aromatic carbocycles. The van der Waals surface area contributed by atoms with Gasteiger partial charge in [0.15, 0.2) is 0 Å². The summed E-state index contributed by atoms with van der Waals surface area (Å²) in [6, 6.07) is 11.5. The minimum atomic E-state index is -3.49. The number of rotatable bonds is 7. The highest BCUT2D eigenvalue weighted by atomic mass is 32.2. The minimum Gasteiger partial charge on any atom is -0.363 e. The molecule has 0 saturated heterocycles. The van der Waals surface area contributed by atoms with Crippen LogP contribution in [0.25, 0.3) is 0 Å². The molecule has 1 heterocycles. The zero-order valence-corrected chi connectivity index (χ0v) is 13.1. The first-order valence-electron chi connectivity index (χ1n) is 6.91. The topological polar surface area (TPSA) is 74.0 Å². The Labute approximate surface area is 125 Å². The van der Waals surface area contributed by atoms with Crippen LogP contribution in [0.4, 0.5) is 0 Å². The number of benzene rings is 1. The molecule has 0 spiro atoms. The van der Waals surface area contributed by atoms with Crippen molar-refractivity contribution in [3.05, 3.63) is 53.9 Å². The van der Waals surface area contributed by atoms with Crippen LogP contribution in [0.3, 0.4) is 0 Å². The van der Waals surface area contributed by atoms with E-state index in [-0.39, 0.29) is 11.4 Å². The number of sulfonamides is 1. The maximum atomic E-state index is 12.2. The largest absolute Gasteiger partial charge is 0.363 e. The van der Waals surface area contributed by atoms with Crippen LogP contribution in [0.1, 0.15) is 25.1 Å². The minimum absolute atomic E-state index is 0.263. The lowest BCUT2D eigenvalue weighted by Crippen LogP contribution is -2.23. The van der Waals surface area contributed by atoms with E-state index in [9.17, 15) is 8.42 Å². The summed E-state index contributed by atoms with van der Waals surface area (Å²) in [7, 11) is -3.49. The summed E-state index contributed by atoms with van der Waals surface area (Å²) in [5.74, 6) is 0. The lowest BCUT2D eigenvalue weighted by atomic mass is 10.2. The summed E-state index contributed by atoms with van der Waals surface area (Å²) < 4.78 is 27.0. The van der Waals surface area contributed by atoms with Crippen molar-refractivity contribution in [2.24, 2.45) is 0 Å². The van der Waals surface area contributed by atoms with Crippen LogP contribution in [0.2, 0.25) is 0 Å². The average molecular weight is 307 g/mol. The fourth-order valence-electron chi connectivity index (χ4n) is 1.85. The van der Waals surface area contributed by atoms with E-state index in [4.69, 9.17) is 0 Å². The van der Waals surface area contributed by atoms with Crippen LogP contribution in [-0.2, 0) is 23.1 Å². The second kappa shape index (κ2) is 6.89. The molecule has 0 radical (unpaired) electrons. The Kier molecular flexibility index (Phi) is 5.17. The smallest absolute Gasteiger partial charge is 0.242 e. The van der Waals surface area contributed by atoms with Crippen molar-refractivity contribution in [3.8, 4) is 0 Å². The molecule has 2 aromatic rings. The first kappa shape index (κ1) is 15.8. The van der Waals surface area contributed by atoms with Gasteiger partial charge < -0.3 is 10.3 Å². The van der Waals surface area contributed by atoms with Crippen LogP contribution < -0.4 is 10.0 Å². The normalized spacial score (nSPS) is 12.0. The molecule has 21 heavy (non-hydrogen) atoms. The van der Waals surface area contributed by atoms with E-state index in [1.165, 1.54) is 6.20 Å². The summed E-state index contributed by atoms with van der Waals surface area (Å²) in [6.45, 7) is 4.99. The fourth-order valence-corrected chi connectivity index (χ4v) is 2.88. The summed E-state index contributed by atoms with van der Waals surface area (Å²) in [5, 5.41) is 3.24. The van der Waals surface area contributed by atoms with Crippen molar-refractivity contribution in [2.75, 3.05) is 0 Å². The molecule has 0 saturated carbocycles. The van der Waals surface area contributed by atoms with Gasteiger partial charge >= 0.3 is 0 Å². The van der Waals surface area contributed by atoms with Gasteiger partial charge in [-0.2, -0.15) is 0 Å². The Morgan fingerprint density at radius 2 is 1.86 bits per heavy atom. The molecule has 2 rings (SSSR count). The van der Waals surface area contributed by atoms with Gasteiger partial charge in [-0.3, -0.25) is 0 Å². The van der Waals surface area contributed by atoms with E-state index in [2.05, 4.69) is 15.0 Å². The maximum Gasteiger partial charge on any atom is 0.242 e. The van der Waals surface area contributed by atoms with Crippen molar-refractivity contribution in [3.63, 3.8) is 0 Å². The lowest BCUT2D eigenvalue weighted by Gasteiger charge is -2.06. The second-order valence-electron chi connectivity index (χ2n) is 5.21. The predicted octanol–water partition coefficient (Wildman–Crippen LogP) is 1.99. The van der Waals surface area contributed by atoms with Gasteiger partial charge in [0.2, 0.25) is 10.0 Å². The third-order valence-corrected chi connectivity index (χ3v) is 4.42. The molecule has 1 aromatic heterocycles. The van der Waals surface area contributed by atoms with Crippen molar-refractivity contribution < 1.29 is 8.42 Å². The number of hydrogen-bond acceptors (Lipinski definition) is 3. The molecular weight excluding hydrogens is 286 g/mol. The molecule has 0 bridgehead atoms. The maximum absolute atomic E-state index is 12.2. The van der Waals surface area contributed by atoms with Crippen LogP contribution in [0.5, 0.6) is 0 Å². The van der Waals surface area contributed by atoms with E-state index >= 15 is 0 Å². The molecule has 114 valence electrons. The van der Waals surface area contributed by atoms with Gasteiger partial charge in [0.05, 0.1) is 4.90 Å². The SMILES string of the molecule is CC(C)NCc1cc(S(=O)(=O)NCc2ccccc2)c[nH]1. The highest BCUT2D eigenvalue weighted by Gasteiger charge is 2.15. The van der Waals surface area contributed by atoms with E-state index in [1.54, 1.807) is 6.07 Å². The van der Waals surface area contributed by atoms with Gasteiger partial charge in [-0.15, -0.1) is 0 Å². The third kappa shape index (κ3) is 4.70. The molecule has 0 aliphatic rings. The van der Waals surface area contributed by atoms with E-state index in [0.717, 1.165) is 11.3 Å². The Morgan fingerprint density at radius 1 is 1.14 bits per heavy atom. The molecule has 0 fully saturated rings. The number of hydrogen-bond donors (Lipinski definition) is 3. The highest BCUT2D eigenvalue weighted by molar-refractivity contribution is 7.89. The molecule has 5 nitrogen and oxygen atoms in total. The molecule has 0 aliphatic heterocycles. The Morgan fingerprint density at radius 3 is 2.52 bits per heavy atom. The average Bonchev–Trinajstić information content (AvgIpc) is 2.94. The summed E-state index contributed by atoms with van der Waals surface area (Å²) in [4.78, 5) is 3.25. The third-order valence-electron chi connectivity index (χ3n) is 3.04. The molecule has 0 atom stereocenters. The zero-order chi connectivity index (χ0) is 15.3. The number of aromatic amines is 1. The molecule has 0 amide bonds. The molecule has 0 unspecified atom stereocenters. The van der Waals surface area contributed by atoms with Gasteiger partial charge in [0.1, 0.15) is 0 Å². The summed E-state index contributed by atoms with van der Waals surface area (Å²) in [5.41, 5.74) is 1.78. The first-order chi connectivity index (χ1) is 9.97. The molecule has 6 heteroatoms. The predicted molar refractivity (Wildman–Crippen MR) is 83.2 cm³/mol. The molecule has 0 aliphatic carbocycles. The second-order valence-corrected chi connectivity index (χ2v) is 6.97. The number of nitrogens with one attached hydrogen (secondary N) is 3. The van der Waals surface area contributed by atoms with Crippen molar-refractivity contribution >= 4 is 10.0 Å². The molecule has 3 N–H and O–H groups in total. The monoisotopic (exact) mass is 307 g/mol. The van der Waals surface area contributed by atoms with E-state index < -0.39 is 10.0 Å². The van der Waals surface area contributed by atoms with Crippen LogP contribution in [-0.4, -0.2) is 19.4 Å².